The summed E-state index contributed by atoms with van der Waals surface area (Å²) in [6.45, 7) is 21.1. The van der Waals surface area contributed by atoms with Gasteiger partial charge in [-0.1, -0.05) is 36.5 Å². The van der Waals surface area contributed by atoms with E-state index in [1.165, 1.54) is 53.9 Å². The number of anilines is 4. The first-order valence-corrected chi connectivity index (χ1v) is 22.2. The van der Waals surface area contributed by atoms with Crippen LogP contribution in [0.4, 0.5) is 29.0 Å². The lowest BCUT2D eigenvalue weighted by atomic mass is 9.88. The zero-order valence-corrected chi connectivity index (χ0v) is 41.5. The van der Waals surface area contributed by atoms with Gasteiger partial charge in [-0.25, -0.2) is 18.7 Å². The van der Waals surface area contributed by atoms with Crippen molar-refractivity contribution in [2.45, 2.75) is 79.9 Å². The van der Waals surface area contributed by atoms with Gasteiger partial charge in [-0.2, -0.15) is 0 Å². The maximum Gasteiger partial charge on any atom is 0.307 e. The van der Waals surface area contributed by atoms with Crippen LogP contribution in [0.25, 0.3) is 22.5 Å². The van der Waals surface area contributed by atoms with Crippen molar-refractivity contribution in [1.29, 1.82) is 0 Å². The van der Waals surface area contributed by atoms with Gasteiger partial charge in [-0.3, -0.25) is 19.2 Å². The number of rotatable bonds is 11. The normalized spacial score (nSPS) is 13.9. The molecule has 4 N–H and O–H groups in total. The van der Waals surface area contributed by atoms with Crippen molar-refractivity contribution in [3.8, 4) is 22.5 Å². The minimum atomic E-state index is -0.999. The van der Waals surface area contributed by atoms with Gasteiger partial charge in [0, 0.05) is 44.2 Å². The average molecular weight is 989 g/mol. The quantitative estimate of drug-likeness (QED) is 0.122. The van der Waals surface area contributed by atoms with E-state index >= 15 is 0 Å². The molecule has 0 bridgehead atoms. The maximum absolute atomic E-state index is 13.4. The van der Waals surface area contributed by atoms with E-state index < -0.39 is 22.5 Å². The fourth-order valence-corrected chi connectivity index (χ4v) is 7.90. The summed E-state index contributed by atoms with van der Waals surface area (Å²) < 4.78 is 47.3. The summed E-state index contributed by atoms with van der Waals surface area (Å²) >= 11 is 2.74. The summed E-state index contributed by atoms with van der Waals surface area (Å²) in [6, 6.07) is 12.3. The van der Waals surface area contributed by atoms with Crippen molar-refractivity contribution in [2.24, 2.45) is 11.1 Å². The number of carbonyl (C=O) groups is 4. The van der Waals surface area contributed by atoms with Crippen molar-refractivity contribution in [3.63, 3.8) is 0 Å². The molecule has 2 saturated heterocycles. The standard InChI is InChI=1S/C23H30FN3O4S.C17H21FN4O2S.C4H8O2.2ClH/c1-22(2,3)31-17(28)14-23(4,5)20(29)26-21-25-18(15-6-8-16(24)9-7-15)19(32-21)27-10-12-30-13-11-27;1-17(2,19)15(23)21-16-20-13(11-3-5-12(18)6-4-11)14(25-16)22-7-9-24-10-8-22;1-3-6-4(2)5;;/h6-9H,10-14H2,1-5H3,(H,25,26,29);3-6H,7-10,19H2,1-2H3,(H,20,21,23);3H2,1-2H3;2*1H. The number of thiazole rings is 2. The van der Waals surface area contributed by atoms with Crippen molar-refractivity contribution < 1.29 is 46.9 Å². The molecule has 2 aromatic carbocycles. The van der Waals surface area contributed by atoms with Crippen molar-refractivity contribution >= 4 is 91.5 Å². The zero-order chi connectivity index (χ0) is 46.5. The molecule has 2 amide bonds. The number of benzene rings is 2. The molecule has 0 unspecified atom stereocenters. The van der Waals surface area contributed by atoms with Crippen LogP contribution < -0.4 is 26.2 Å². The topological polar surface area (TPSA) is 188 Å². The third-order valence-electron chi connectivity index (χ3n) is 9.05. The molecule has 0 aliphatic carbocycles. The first-order chi connectivity index (χ1) is 29.6. The summed E-state index contributed by atoms with van der Waals surface area (Å²) in [5.74, 6) is -1.90. The van der Waals surface area contributed by atoms with E-state index in [2.05, 4.69) is 35.1 Å². The number of hydrogen-bond donors (Lipinski definition) is 3. The molecule has 4 aromatic rings. The Labute approximate surface area is 400 Å². The highest BCUT2D eigenvalue weighted by atomic mass is 35.5. The van der Waals surface area contributed by atoms with Gasteiger partial charge >= 0.3 is 11.9 Å². The molecule has 65 heavy (non-hydrogen) atoms. The smallest absolute Gasteiger partial charge is 0.307 e. The van der Waals surface area contributed by atoms with E-state index in [9.17, 15) is 28.0 Å². The van der Waals surface area contributed by atoms with Crippen molar-refractivity contribution in [3.05, 3.63) is 60.2 Å². The third-order valence-corrected chi connectivity index (χ3v) is 11.1. The van der Waals surface area contributed by atoms with Gasteiger partial charge in [0.2, 0.25) is 11.8 Å². The Morgan fingerprint density at radius 2 is 1.09 bits per heavy atom. The van der Waals surface area contributed by atoms with Crippen LogP contribution in [0.2, 0.25) is 0 Å². The number of nitrogens with one attached hydrogen (secondary N) is 2. The van der Waals surface area contributed by atoms with E-state index in [4.69, 9.17) is 19.9 Å². The molecule has 6 rings (SSSR count). The Kier molecular flexibility index (Phi) is 22.1. The predicted molar refractivity (Wildman–Crippen MR) is 258 cm³/mol. The Balaban J connectivity index is 0.000000394. The van der Waals surface area contributed by atoms with Gasteiger partial charge in [0.05, 0.1) is 50.4 Å². The summed E-state index contributed by atoms with van der Waals surface area (Å²) in [4.78, 5) is 60.7. The summed E-state index contributed by atoms with van der Waals surface area (Å²) in [7, 11) is 0. The second-order valence-corrected chi connectivity index (χ2v) is 18.7. The number of amides is 2. The number of hydrogen-bond acceptors (Lipinski definition) is 15. The van der Waals surface area contributed by atoms with Crippen LogP contribution in [0.5, 0.6) is 0 Å². The maximum atomic E-state index is 13.4. The van der Waals surface area contributed by atoms with Gasteiger partial charge in [0.15, 0.2) is 10.3 Å². The first-order valence-electron chi connectivity index (χ1n) is 20.5. The lowest BCUT2D eigenvalue weighted by Gasteiger charge is -2.28. The van der Waals surface area contributed by atoms with Crippen molar-refractivity contribution in [1.82, 2.24) is 9.97 Å². The molecule has 360 valence electrons. The number of aromatic nitrogens is 2. The minimum Gasteiger partial charge on any atom is -0.466 e. The summed E-state index contributed by atoms with van der Waals surface area (Å²) in [5.41, 5.74) is 6.20. The van der Waals surface area contributed by atoms with E-state index in [0.29, 0.717) is 62.1 Å². The molecular weight excluding hydrogens is 928 g/mol. The van der Waals surface area contributed by atoms with Crippen LogP contribution >= 0.6 is 47.5 Å². The first kappa shape index (κ1) is 56.6. The Morgan fingerprint density at radius 3 is 1.42 bits per heavy atom. The number of ether oxygens (including phenoxy) is 4. The van der Waals surface area contributed by atoms with E-state index in [1.807, 2.05) is 0 Å². The monoisotopic (exact) mass is 987 g/mol. The lowest BCUT2D eigenvalue weighted by molar-refractivity contribution is -0.158. The second-order valence-electron chi connectivity index (χ2n) is 16.8. The SMILES string of the molecule is CC(C)(C)OC(=O)CC(C)(C)C(=O)Nc1nc(-c2ccc(F)cc2)c(N2CCOCC2)s1.CC(C)(N)C(=O)Nc1nc(-c2ccc(F)cc2)c(N2CCOCC2)s1.CCOC(C)=O.Cl.Cl. The van der Waals surface area contributed by atoms with Crippen LogP contribution in [-0.4, -0.2) is 104 Å². The molecule has 0 saturated carbocycles. The molecule has 4 heterocycles. The van der Waals surface area contributed by atoms with Gasteiger partial charge in [0.1, 0.15) is 38.6 Å². The number of morpholine rings is 2. The molecule has 2 aliphatic rings. The molecule has 0 spiro atoms. The fourth-order valence-electron chi connectivity index (χ4n) is 5.83. The van der Waals surface area contributed by atoms with E-state index in [-0.39, 0.29) is 60.7 Å². The number of esters is 2. The van der Waals surface area contributed by atoms with E-state index in [1.54, 1.807) is 79.7 Å². The second kappa shape index (κ2) is 25.4. The summed E-state index contributed by atoms with van der Waals surface area (Å²) in [6.07, 6.45) is -0.0530. The molecule has 2 fully saturated rings. The molecule has 0 atom stereocenters. The number of nitrogens with zero attached hydrogens (tertiary/aromatic N) is 4. The summed E-state index contributed by atoms with van der Waals surface area (Å²) in [5, 5.41) is 8.35. The van der Waals surface area contributed by atoms with Gasteiger partial charge < -0.3 is 45.1 Å². The number of halogens is 4. The highest BCUT2D eigenvalue weighted by Gasteiger charge is 2.34. The Hall–Kier alpha value is -4.50. The Bertz CT molecular complexity index is 2150. The predicted octanol–water partition coefficient (Wildman–Crippen LogP) is 8.36. The van der Waals surface area contributed by atoms with Gasteiger partial charge in [-0.15, -0.1) is 24.8 Å². The molecule has 15 nitrogen and oxygen atoms in total. The molecule has 2 aliphatic heterocycles. The lowest BCUT2D eigenvalue weighted by Crippen LogP contribution is -2.45. The highest BCUT2D eigenvalue weighted by Crippen LogP contribution is 2.41. The minimum absolute atomic E-state index is 0. The van der Waals surface area contributed by atoms with Gasteiger partial charge in [0.25, 0.3) is 0 Å². The third kappa shape index (κ3) is 18.0. The van der Waals surface area contributed by atoms with Crippen LogP contribution in [0, 0.1) is 17.0 Å². The fraction of sp³-hybridized carbons (Fsp3) is 0.500. The molecule has 2 aromatic heterocycles. The molecule has 21 heteroatoms. The highest BCUT2D eigenvalue weighted by molar-refractivity contribution is 7.20. The van der Waals surface area contributed by atoms with Crippen LogP contribution in [0.15, 0.2) is 48.5 Å². The Morgan fingerprint density at radius 1 is 0.708 bits per heavy atom. The largest absolute Gasteiger partial charge is 0.466 e. The zero-order valence-electron chi connectivity index (χ0n) is 38.2. The molecule has 0 radical (unpaired) electrons. The number of nitrogens with two attached hydrogens (primary N) is 1. The molecular formula is C44H61Cl2F2N7O8S2. The number of carbonyl (C=O) groups excluding carboxylic acids is 4. The van der Waals surface area contributed by atoms with Crippen LogP contribution in [0.1, 0.15) is 68.7 Å². The van der Waals surface area contributed by atoms with Crippen LogP contribution in [0.3, 0.4) is 0 Å². The average Bonchev–Trinajstić information content (AvgIpc) is 3.83. The van der Waals surface area contributed by atoms with Crippen molar-refractivity contribution in [2.75, 3.05) is 79.6 Å². The van der Waals surface area contributed by atoms with Gasteiger partial charge in [-0.05, 0) is 90.1 Å². The van der Waals surface area contributed by atoms with Crippen LogP contribution in [-0.2, 0) is 38.1 Å². The van der Waals surface area contributed by atoms with E-state index in [0.717, 1.165) is 39.9 Å².